The Kier molecular flexibility index (Phi) is 6.69. The Hall–Kier alpha value is -2.69. The number of amides is 1. The lowest BCUT2D eigenvalue weighted by molar-refractivity contribution is -0.111. The Bertz CT molecular complexity index is 1090. The van der Waals surface area contributed by atoms with Gasteiger partial charge in [-0.2, -0.15) is 0 Å². The first-order chi connectivity index (χ1) is 15.0. The van der Waals surface area contributed by atoms with Gasteiger partial charge < -0.3 is 14.6 Å². The van der Waals surface area contributed by atoms with E-state index in [0.717, 1.165) is 12.2 Å². The van der Waals surface area contributed by atoms with Crippen molar-refractivity contribution < 1.29 is 9.21 Å². The van der Waals surface area contributed by atoms with Crippen LogP contribution < -0.4 is 10.2 Å². The number of anilines is 2. The third-order valence-electron chi connectivity index (χ3n) is 5.51. The van der Waals surface area contributed by atoms with E-state index in [1.54, 1.807) is 24.3 Å². The number of hydrogen-bond acceptors (Lipinski definition) is 3. The number of carbonyl (C=O) groups is 1. The van der Waals surface area contributed by atoms with Crippen LogP contribution in [0.15, 0.2) is 65.1 Å². The molecule has 0 unspecified atom stereocenters. The molecule has 4 rings (SSSR count). The molecular formula is C25H24Cl2N2O2. The quantitative estimate of drug-likeness (QED) is 0.411. The monoisotopic (exact) mass is 454 g/mol. The van der Waals surface area contributed by atoms with Crippen molar-refractivity contribution in [3.05, 3.63) is 76.5 Å². The van der Waals surface area contributed by atoms with Crippen molar-refractivity contribution in [2.75, 3.05) is 16.8 Å². The van der Waals surface area contributed by atoms with Crippen molar-refractivity contribution in [2.24, 2.45) is 0 Å². The molecule has 1 aliphatic rings. The molecule has 1 atom stereocenters. The second-order valence-corrected chi connectivity index (χ2v) is 8.50. The maximum atomic E-state index is 12.3. The zero-order chi connectivity index (χ0) is 21.8. The minimum atomic E-state index is -0.224. The van der Waals surface area contributed by atoms with E-state index in [0.29, 0.717) is 33.2 Å². The number of benzene rings is 2. The Morgan fingerprint density at radius 3 is 2.68 bits per heavy atom. The topological polar surface area (TPSA) is 45.5 Å². The number of hydrogen-bond donors (Lipinski definition) is 1. The van der Waals surface area contributed by atoms with E-state index in [1.807, 2.05) is 24.3 Å². The molecule has 0 aliphatic carbocycles. The Balaban J connectivity index is 1.38. The van der Waals surface area contributed by atoms with Gasteiger partial charge in [-0.1, -0.05) is 29.3 Å². The summed E-state index contributed by atoms with van der Waals surface area (Å²) in [6.07, 6.45) is 6.82. The van der Waals surface area contributed by atoms with Crippen LogP contribution in [-0.4, -0.2) is 18.5 Å². The van der Waals surface area contributed by atoms with Crippen LogP contribution in [0.2, 0.25) is 10.0 Å². The molecule has 3 aromatic rings. The van der Waals surface area contributed by atoms with Gasteiger partial charge in [0.15, 0.2) is 0 Å². The standard InChI is InChI=1S/C25H24Cl2N2O2/c1-17-5-2-3-16-29(17)19-10-8-18(9-11-19)28-24(30)15-13-20-12-14-23(31-20)21-6-4-7-22(26)25(21)27/h4,6-15,17H,2-3,5,16H2,1H3,(H,28,30)/b15-13+/t17-/m0/s1. The van der Waals surface area contributed by atoms with Gasteiger partial charge in [0.05, 0.1) is 10.0 Å². The van der Waals surface area contributed by atoms with E-state index in [9.17, 15) is 4.79 Å². The predicted octanol–water partition coefficient (Wildman–Crippen LogP) is 7.28. The van der Waals surface area contributed by atoms with Gasteiger partial charge in [-0.3, -0.25) is 4.79 Å². The van der Waals surface area contributed by atoms with Crippen molar-refractivity contribution in [1.29, 1.82) is 0 Å². The highest BCUT2D eigenvalue weighted by molar-refractivity contribution is 6.43. The first kappa shape index (κ1) is 21.5. The third-order valence-corrected chi connectivity index (χ3v) is 6.33. The zero-order valence-corrected chi connectivity index (χ0v) is 18.8. The summed E-state index contributed by atoms with van der Waals surface area (Å²) in [5.41, 5.74) is 2.67. The number of furan rings is 1. The lowest BCUT2D eigenvalue weighted by Gasteiger charge is -2.35. The lowest BCUT2D eigenvalue weighted by atomic mass is 10.0. The smallest absolute Gasteiger partial charge is 0.248 e. The number of nitrogens with one attached hydrogen (secondary N) is 1. The first-order valence-electron chi connectivity index (χ1n) is 10.4. The van der Waals surface area contributed by atoms with Crippen LogP contribution in [-0.2, 0) is 4.79 Å². The average Bonchev–Trinajstić information content (AvgIpc) is 3.24. The summed E-state index contributed by atoms with van der Waals surface area (Å²) in [6, 6.07) is 17.5. The predicted molar refractivity (Wildman–Crippen MR) is 129 cm³/mol. The fourth-order valence-corrected chi connectivity index (χ4v) is 4.23. The molecule has 0 saturated carbocycles. The van der Waals surface area contributed by atoms with Crippen LogP contribution in [0.1, 0.15) is 31.9 Å². The van der Waals surface area contributed by atoms with Crippen LogP contribution in [0.4, 0.5) is 11.4 Å². The van der Waals surface area contributed by atoms with E-state index >= 15 is 0 Å². The third kappa shape index (κ3) is 5.15. The molecule has 0 radical (unpaired) electrons. The van der Waals surface area contributed by atoms with Crippen molar-refractivity contribution >= 4 is 46.6 Å². The number of nitrogens with zero attached hydrogens (tertiary/aromatic N) is 1. The molecule has 160 valence electrons. The van der Waals surface area contributed by atoms with Gasteiger partial charge in [-0.05, 0) is 80.8 Å². The first-order valence-corrected chi connectivity index (χ1v) is 11.2. The van der Waals surface area contributed by atoms with E-state index in [-0.39, 0.29) is 5.91 Å². The highest BCUT2D eigenvalue weighted by atomic mass is 35.5. The molecule has 1 amide bonds. The van der Waals surface area contributed by atoms with Crippen molar-refractivity contribution in [3.8, 4) is 11.3 Å². The molecule has 2 aromatic carbocycles. The van der Waals surface area contributed by atoms with Gasteiger partial charge in [-0.15, -0.1) is 0 Å². The van der Waals surface area contributed by atoms with Gasteiger partial charge in [-0.25, -0.2) is 0 Å². The number of piperidine rings is 1. The van der Waals surface area contributed by atoms with Crippen LogP contribution in [0, 0.1) is 0 Å². The van der Waals surface area contributed by atoms with Crippen molar-refractivity contribution in [1.82, 2.24) is 0 Å². The highest BCUT2D eigenvalue weighted by Gasteiger charge is 2.18. The summed E-state index contributed by atoms with van der Waals surface area (Å²) in [7, 11) is 0. The highest BCUT2D eigenvalue weighted by Crippen LogP contribution is 2.34. The number of rotatable bonds is 5. The van der Waals surface area contributed by atoms with Gasteiger partial charge >= 0.3 is 0 Å². The molecule has 0 bridgehead atoms. The second kappa shape index (κ2) is 9.63. The van der Waals surface area contributed by atoms with Crippen LogP contribution in [0.3, 0.4) is 0 Å². The lowest BCUT2D eigenvalue weighted by Crippen LogP contribution is -2.37. The second-order valence-electron chi connectivity index (χ2n) is 7.71. The summed E-state index contributed by atoms with van der Waals surface area (Å²) < 4.78 is 5.78. The fraction of sp³-hybridized carbons (Fsp3) is 0.240. The number of halogens is 2. The molecule has 1 fully saturated rings. The molecule has 1 aromatic heterocycles. The van der Waals surface area contributed by atoms with Crippen LogP contribution >= 0.6 is 23.2 Å². The normalized spacial score (nSPS) is 16.6. The van der Waals surface area contributed by atoms with Gasteiger partial charge in [0.25, 0.3) is 0 Å². The maximum absolute atomic E-state index is 12.3. The SMILES string of the molecule is C[C@H]1CCCCN1c1ccc(NC(=O)/C=C/c2ccc(-c3cccc(Cl)c3Cl)o2)cc1. The molecule has 1 N–H and O–H groups in total. The maximum Gasteiger partial charge on any atom is 0.248 e. The summed E-state index contributed by atoms with van der Waals surface area (Å²) in [5.74, 6) is 0.920. The minimum Gasteiger partial charge on any atom is -0.457 e. The minimum absolute atomic E-state index is 0.224. The molecule has 31 heavy (non-hydrogen) atoms. The van der Waals surface area contributed by atoms with Gasteiger partial charge in [0.1, 0.15) is 11.5 Å². The summed E-state index contributed by atoms with van der Waals surface area (Å²) in [6.45, 7) is 3.35. The van der Waals surface area contributed by atoms with Crippen molar-refractivity contribution in [2.45, 2.75) is 32.2 Å². The Morgan fingerprint density at radius 2 is 1.90 bits per heavy atom. The Labute approximate surface area is 192 Å². The summed E-state index contributed by atoms with van der Waals surface area (Å²) in [4.78, 5) is 14.7. The van der Waals surface area contributed by atoms with Gasteiger partial charge in [0.2, 0.25) is 5.91 Å². The molecule has 4 nitrogen and oxygen atoms in total. The zero-order valence-electron chi connectivity index (χ0n) is 17.3. The molecule has 6 heteroatoms. The van der Waals surface area contributed by atoms with Crippen LogP contribution in [0.5, 0.6) is 0 Å². The largest absolute Gasteiger partial charge is 0.457 e. The van der Waals surface area contributed by atoms with E-state index in [1.165, 1.54) is 31.0 Å². The Morgan fingerprint density at radius 1 is 1.10 bits per heavy atom. The molecule has 1 aliphatic heterocycles. The average molecular weight is 455 g/mol. The van der Waals surface area contributed by atoms with E-state index in [4.69, 9.17) is 27.6 Å². The fourth-order valence-electron chi connectivity index (χ4n) is 3.84. The van der Waals surface area contributed by atoms with E-state index in [2.05, 4.69) is 29.3 Å². The van der Waals surface area contributed by atoms with Crippen molar-refractivity contribution in [3.63, 3.8) is 0 Å². The molecular weight excluding hydrogens is 431 g/mol. The number of carbonyl (C=O) groups excluding carboxylic acids is 1. The molecule has 0 spiro atoms. The molecule has 2 heterocycles. The van der Waals surface area contributed by atoms with E-state index < -0.39 is 0 Å². The molecule has 1 saturated heterocycles. The van der Waals surface area contributed by atoms with Crippen LogP contribution in [0.25, 0.3) is 17.4 Å². The van der Waals surface area contributed by atoms with Gasteiger partial charge in [0, 0.05) is 35.6 Å². The summed E-state index contributed by atoms with van der Waals surface area (Å²) >= 11 is 12.3. The summed E-state index contributed by atoms with van der Waals surface area (Å²) in [5, 5.41) is 3.79.